The largest absolute Gasteiger partial charge is 0.472 e. The molecule has 0 unspecified atom stereocenters. The number of hydrogen-bond donors (Lipinski definition) is 0. The molecule has 0 aliphatic carbocycles. The molecule has 0 N–H and O–H groups in total. The Morgan fingerprint density at radius 2 is 1.92 bits per heavy atom. The van der Waals surface area contributed by atoms with Crippen LogP contribution in [-0.2, 0) is 6.61 Å². The first-order valence-electron chi connectivity index (χ1n) is 7.68. The molecule has 0 atom stereocenters. The molecule has 0 aliphatic rings. The van der Waals surface area contributed by atoms with Gasteiger partial charge in [0.05, 0.1) is 11.1 Å². The molecular weight excluding hydrogens is 304 g/mol. The molecule has 0 fully saturated rings. The van der Waals surface area contributed by atoms with Gasteiger partial charge in [-0.05, 0) is 38.0 Å². The molecule has 0 amide bonds. The zero-order valence-electron chi connectivity index (χ0n) is 13.9. The number of carbonyl (C=O) groups excluding carboxylic acids is 1. The van der Waals surface area contributed by atoms with E-state index in [0.29, 0.717) is 23.4 Å². The molecule has 0 aliphatic heterocycles. The summed E-state index contributed by atoms with van der Waals surface area (Å²) in [6.45, 7) is 5.29. The van der Waals surface area contributed by atoms with Gasteiger partial charge in [0.25, 0.3) is 5.56 Å². The predicted molar refractivity (Wildman–Crippen MR) is 91.7 cm³/mol. The predicted octanol–water partition coefficient (Wildman–Crippen LogP) is 3.09. The Bertz CT molecular complexity index is 975. The smallest absolute Gasteiger partial charge is 0.264 e. The number of hydrogen-bond acceptors (Lipinski definition) is 4. The van der Waals surface area contributed by atoms with Gasteiger partial charge in [0.1, 0.15) is 6.61 Å². The number of ketones is 1. The van der Waals surface area contributed by atoms with Crippen molar-refractivity contribution in [1.82, 2.24) is 9.38 Å². The van der Waals surface area contributed by atoms with Gasteiger partial charge in [-0.15, -0.1) is 0 Å². The molecule has 24 heavy (non-hydrogen) atoms. The Kier molecular flexibility index (Phi) is 4.16. The van der Waals surface area contributed by atoms with Crippen molar-refractivity contribution < 1.29 is 9.53 Å². The van der Waals surface area contributed by atoms with Crippen LogP contribution in [0.2, 0.25) is 0 Å². The van der Waals surface area contributed by atoms with E-state index in [1.54, 1.807) is 19.2 Å². The minimum atomic E-state index is -0.228. The number of aryl methyl sites for hydroxylation is 1. The van der Waals surface area contributed by atoms with Gasteiger partial charge in [0.15, 0.2) is 11.4 Å². The lowest BCUT2D eigenvalue weighted by Gasteiger charge is -2.12. The van der Waals surface area contributed by atoms with Crippen molar-refractivity contribution in [3.8, 4) is 5.88 Å². The maximum Gasteiger partial charge on any atom is 0.264 e. The van der Waals surface area contributed by atoms with E-state index < -0.39 is 0 Å². The van der Waals surface area contributed by atoms with Crippen LogP contribution in [0.4, 0.5) is 0 Å². The quantitative estimate of drug-likeness (QED) is 0.693. The molecule has 5 nitrogen and oxygen atoms in total. The summed E-state index contributed by atoms with van der Waals surface area (Å²) in [4.78, 5) is 29.0. The Labute approximate surface area is 139 Å². The van der Waals surface area contributed by atoms with Gasteiger partial charge in [-0.25, -0.2) is 0 Å². The van der Waals surface area contributed by atoms with Crippen molar-refractivity contribution in [3.05, 3.63) is 75.2 Å². The number of fused-ring (bicyclic) bond motifs is 1. The minimum absolute atomic E-state index is 0.138. The summed E-state index contributed by atoms with van der Waals surface area (Å²) >= 11 is 0. The fourth-order valence-corrected chi connectivity index (χ4v) is 2.57. The highest BCUT2D eigenvalue weighted by atomic mass is 16.5. The number of pyridine rings is 1. The van der Waals surface area contributed by atoms with Crippen LogP contribution in [0.5, 0.6) is 5.88 Å². The van der Waals surface area contributed by atoms with E-state index in [1.807, 2.05) is 37.3 Å². The second-order valence-corrected chi connectivity index (χ2v) is 5.80. The highest BCUT2D eigenvalue weighted by Gasteiger charge is 2.15. The van der Waals surface area contributed by atoms with Crippen molar-refractivity contribution in [2.45, 2.75) is 27.4 Å². The van der Waals surface area contributed by atoms with Crippen molar-refractivity contribution in [2.24, 2.45) is 0 Å². The van der Waals surface area contributed by atoms with Gasteiger partial charge in [0.2, 0.25) is 5.88 Å². The van der Waals surface area contributed by atoms with Gasteiger partial charge in [-0.3, -0.25) is 14.0 Å². The number of benzene rings is 1. The Morgan fingerprint density at radius 1 is 1.21 bits per heavy atom. The van der Waals surface area contributed by atoms with Crippen LogP contribution in [0.15, 0.2) is 47.4 Å². The molecule has 5 heteroatoms. The summed E-state index contributed by atoms with van der Waals surface area (Å²) in [7, 11) is 0. The summed E-state index contributed by atoms with van der Waals surface area (Å²) in [6, 6.07) is 11.4. The molecule has 0 radical (unpaired) electrons. The van der Waals surface area contributed by atoms with Crippen LogP contribution in [0, 0.1) is 13.8 Å². The highest BCUT2D eigenvalue weighted by Crippen LogP contribution is 2.18. The summed E-state index contributed by atoms with van der Waals surface area (Å²) in [6.07, 6.45) is 1.69. The number of carbonyl (C=O) groups is 1. The van der Waals surface area contributed by atoms with E-state index in [4.69, 9.17) is 4.74 Å². The molecule has 2 aromatic heterocycles. The first-order valence-corrected chi connectivity index (χ1v) is 7.68. The monoisotopic (exact) mass is 322 g/mol. The van der Waals surface area contributed by atoms with E-state index in [-0.39, 0.29) is 17.2 Å². The van der Waals surface area contributed by atoms with E-state index in [0.717, 1.165) is 11.1 Å². The molecular formula is C19H18N2O3. The molecule has 0 saturated carbocycles. The third kappa shape index (κ3) is 2.93. The van der Waals surface area contributed by atoms with Crippen LogP contribution in [0.3, 0.4) is 0 Å². The topological polar surface area (TPSA) is 60.7 Å². The van der Waals surface area contributed by atoms with Crippen molar-refractivity contribution in [3.63, 3.8) is 0 Å². The molecule has 122 valence electrons. The fourth-order valence-electron chi connectivity index (χ4n) is 2.57. The Hall–Kier alpha value is -2.95. The summed E-state index contributed by atoms with van der Waals surface area (Å²) in [5.74, 6) is 0.121. The second-order valence-electron chi connectivity index (χ2n) is 5.80. The van der Waals surface area contributed by atoms with Gasteiger partial charge in [-0.2, -0.15) is 4.98 Å². The SMILES string of the molecule is CC(=O)c1cc(C)cn2c(=O)c(C)c(OCc3ccccc3)nc12. The van der Waals surface area contributed by atoms with E-state index >= 15 is 0 Å². The highest BCUT2D eigenvalue weighted by molar-refractivity contribution is 5.99. The van der Waals surface area contributed by atoms with E-state index in [2.05, 4.69) is 4.98 Å². The number of nitrogens with zero attached hydrogens (tertiary/aromatic N) is 2. The number of ether oxygens (including phenoxy) is 1. The normalized spacial score (nSPS) is 10.8. The maximum atomic E-state index is 12.6. The van der Waals surface area contributed by atoms with Gasteiger partial charge >= 0.3 is 0 Å². The molecule has 0 bridgehead atoms. The molecule has 3 aromatic rings. The number of aromatic nitrogens is 2. The average Bonchev–Trinajstić information content (AvgIpc) is 2.57. The molecule has 1 aromatic carbocycles. The third-order valence-electron chi connectivity index (χ3n) is 3.84. The van der Waals surface area contributed by atoms with Crippen molar-refractivity contribution in [2.75, 3.05) is 0 Å². The lowest BCUT2D eigenvalue weighted by molar-refractivity contribution is 0.101. The zero-order valence-corrected chi connectivity index (χ0v) is 13.9. The Morgan fingerprint density at radius 3 is 2.58 bits per heavy atom. The Balaban J connectivity index is 2.11. The standard InChI is InChI=1S/C19H18N2O3/c1-12-9-16(14(3)22)17-20-18(13(2)19(23)21(17)10-12)24-11-15-7-5-4-6-8-15/h4-10H,11H2,1-3H3. The first-order chi connectivity index (χ1) is 11.5. The molecule has 2 heterocycles. The summed E-state index contributed by atoms with van der Waals surface area (Å²) < 4.78 is 7.15. The van der Waals surface area contributed by atoms with Crippen molar-refractivity contribution in [1.29, 1.82) is 0 Å². The van der Waals surface area contributed by atoms with Gasteiger partial charge in [0, 0.05) is 6.20 Å². The maximum absolute atomic E-state index is 12.6. The molecule has 0 saturated heterocycles. The van der Waals surface area contributed by atoms with Crippen LogP contribution in [0.1, 0.15) is 34.0 Å². The fraction of sp³-hybridized carbons (Fsp3) is 0.211. The minimum Gasteiger partial charge on any atom is -0.472 e. The lowest BCUT2D eigenvalue weighted by atomic mass is 10.1. The summed E-state index contributed by atoms with van der Waals surface area (Å²) in [5, 5.41) is 0. The van der Waals surface area contributed by atoms with Gasteiger partial charge < -0.3 is 4.74 Å². The first kappa shape index (κ1) is 15.9. The van der Waals surface area contributed by atoms with E-state index in [9.17, 15) is 9.59 Å². The number of Topliss-reactive ketones (excluding diaryl/α,β-unsaturated/α-hetero) is 1. The molecule has 0 spiro atoms. The lowest BCUT2D eigenvalue weighted by Crippen LogP contribution is -2.21. The van der Waals surface area contributed by atoms with Crippen LogP contribution < -0.4 is 10.3 Å². The zero-order chi connectivity index (χ0) is 17.3. The number of rotatable bonds is 4. The average molecular weight is 322 g/mol. The second kappa shape index (κ2) is 6.28. The van der Waals surface area contributed by atoms with Crippen molar-refractivity contribution >= 4 is 11.4 Å². The van der Waals surface area contributed by atoms with Crippen LogP contribution in [0.25, 0.3) is 5.65 Å². The van der Waals surface area contributed by atoms with Crippen LogP contribution in [-0.4, -0.2) is 15.2 Å². The van der Waals surface area contributed by atoms with Crippen LogP contribution >= 0.6 is 0 Å². The molecule has 3 rings (SSSR count). The third-order valence-corrected chi connectivity index (χ3v) is 3.84. The summed E-state index contributed by atoms with van der Waals surface area (Å²) in [5.41, 5.74) is 2.74. The van der Waals surface area contributed by atoms with Gasteiger partial charge in [-0.1, -0.05) is 30.3 Å². The van der Waals surface area contributed by atoms with E-state index in [1.165, 1.54) is 11.3 Å².